The maximum Gasteiger partial charge on any atom is 0.351 e. The second-order valence-electron chi connectivity index (χ2n) is 4.20. The summed E-state index contributed by atoms with van der Waals surface area (Å²) in [7, 11) is 0. The van der Waals surface area contributed by atoms with Crippen LogP contribution in [0.2, 0.25) is 0 Å². The summed E-state index contributed by atoms with van der Waals surface area (Å²) in [6.45, 7) is 3.00. The van der Waals surface area contributed by atoms with Crippen molar-refractivity contribution in [2.45, 2.75) is 30.5 Å². The van der Waals surface area contributed by atoms with Crippen LogP contribution in [0, 0.1) is 6.92 Å². The molecule has 0 spiro atoms. The topological polar surface area (TPSA) is 90.4 Å². The SMILES string of the molecule is [CH2][C@@]1(C(F)F)O[C@@H](n2ccc(N)nc2=O)[C@H](F)[C@@H]1O. The zero-order chi connectivity index (χ0) is 14.4. The van der Waals surface area contributed by atoms with E-state index in [-0.39, 0.29) is 5.82 Å². The second kappa shape index (κ2) is 4.49. The summed E-state index contributed by atoms with van der Waals surface area (Å²) in [6.07, 6.45) is -8.31. The molecule has 3 N–H and O–H groups in total. The summed E-state index contributed by atoms with van der Waals surface area (Å²) in [6, 6.07) is 1.18. The Labute approximate surface area is 105 Å². The molecule has 9 heteroatoms. The molecule has 105 valence electrons. The van der Waals surface area contributed by atoms with E-state index in [0.717, 1.165) is 6.20 Å². The molecule has 2 rings (SSSR count). The predicted molar refractivity (Wildman–Crippen MR) is 58.0 cm³/mol. The maximum absolute atomic E-state index is 13.8. The molecule has 0 unspecified atom stereocenters. The molecule has 6 nitrogen and oxygen atoms in total. The van der Waals surface area contributed by atoms with Crippen molar-refractivity contribution in [2.24, 2.45) is 0 Å². The van der Waals surface area contributed by atoms with E-state index >= 15 is 0 Å². The van der Waals surface area contributed by atoms with Crippen molar-refractivity contribution in [1.82, 2.24) is 9.55 Å². The number of aliphatic hydroxyl groups is 1. The molecule has 1 saturated heterocycles. The predicted octanol–water partition coefficient (Wildman–Crippen LogP) is -0.109. The fourth-order valence-electron chi connectivity index (χ4n) is 1.80. The number of ether oxygens (including phenoxy) is 1. The molecule has 0 saturated carbocycles. The van der Waals surface area contributed by atoms with Crippen molar-refractivity contribution in [3.05, 3.63) is 29.7 Å². The van der Waals surface area contributed by atoms with Crippen LogP contribution in [0.4, 0.5) is 19.0 Å². The molecule has 1 aliphatic rings. The molecule has 1 radical (unpaired) electrons. The van der Waals surface area contributed by atoms with Gasteiger partial charge in [0.25, 0.3) is 6.43 Å². The van der Waals surface area contributed by atoms with E-state index < -0.39 is 36.2 Å². The van der Waals surface area contributed by atoms with Gasteiger partial charge in [-0.2, -0.15) is 4.98 Å². The Kier molecular flexibility index (Phi) is 3.27. The molecule has 2 heterocycles. The highest BCUT2D eigenvalue weighted by Crippen LogP contribution is 2.41. The molecule has 4 atom stereocenters. The molecule has 1 aromatic heterocycles. The Morgan fingerprint density at radius 3 is 2.74 bits per heavy atom. The van der Waals surface area contributed by atoms with Crippen LogP contribution in [-0.2, 0) is 4.74 Å². The average Bonchev–Trinajstić information content (AvgIpc) is 2.55. The van der Waals surface area contributed by atoms with E-state index in [0.29, 0.717) is 4.57 Å². The van der Waals surface area contributed by atoms with Crippen LogP contribution in [0.3, 0.4) is 0 Å². The molecule has 0 bridgehead atoms. The lowest BCUT2D eigenvalue weighted by Crippen LogP contribution is -2.45. The van der Waals surface area contributed by atoms with E-state index in [2.05, 4.69) is 11.9 Å². The van der Waals surface area contributed by atoms with Gasteiger partial charge in [0.05, 0.1) is 0 Å². The number of alkyl halides is 3. The molecule has 1 aliphatic heterocycles. The summed E-state index contributed by atoms with van der Waals surface area (Å²) in [4.78, 5) is 14.8. The lowest BCUT2D eigenvalue weighted by Gasteiger charge is -2.25. The fraction of sp³-hybridized carbons (Fsp3) is 0.500. The zero-order valence-corrected chi connectivity index (χ0v) is 9.54. The number of nitrogens with zero attached hydrogens (tertiary/aromatic N) is 2. The Bertz CT molecular complexity index is 538. The normalized spacial score (nSPS) is 34.9. The van der Waals surface area contributed by atoms with E-state index in [4.69, 9.17) is 10.5 Å². The quantitative estimate of drug-likeness (QED) is 0.788. The van der Waals surface area contributed by atoms with Gasteiger partial charge in [-0.3, -0.25) is 4.57 Å². The minimum absolute atomic E-state index is 0.107. The first-order valence-electron chi connectivity index (χ1n) is 5.25. The van der Waals surface area contributed by atoms with Gasteiger partial charge in [0.2, 0.25) is 0 Å². The van der Waals surface area contributed by atoms with E-state index in [1.165, 1.54) is 6.07 Å². The standard InChI is InChI=1S/C10H11F3N3O3/c1-10(8(12)13)6(17)5(11)7(19-10)16-3-2-4(14)15-9(16)18/h2-3,5-8,17H,1H2,(H2,14,15,18)/t5-,6+,7-,10-/m1/s1. The van der Waals surface area contributed by atoms with Gasteiger partial charge in [-0.05, 0) is 13.0 Å². The van der Waals surface area contributed by atoms with Crippen LogP contribution in [0.15, 0.2) is 17.1 Å². The Morgan fingerprint density at radius 2 is 2.26 bits per heavy atom. The van der Waals surface area contributed by atoms with Crippen LogP contribution >= 0.6 is 0 Å². The summed E-state index contributed by atoms with van der Waals surface area (Å²) >= 11 is 0. The molecule has 0 aromatic carbocycles. The van der Waals surface area contributed by atoms with Crippen molar-refractivity contribution in [3.63, 3.8) is 0 Å². The number of nitrogens with two attached hydrogens (primary N) is 1. The number of halogens is 3. The lowest BCUT2D eigenvalue weighted by molar-refractivity contribution is -0.150. The molecule has 19 heavy (non-hydrogen) atoms. The lowest BCUT2D eigenvalue weighted by atomic mass is 9.99. The summed E-state index contributed by atoms with van der Waals surface area (Å²) in [5.74, 6) is -0.107. The summed E-state index contributed by atoms with van der Waals surface area (Å²) in [5.41, 5.74) is 1.64. The van der Waals surface area contributed by atoms with Gasteiger partial charge >= 0.3 is 5.69 Å². The number of hydrogen-bond acceptors (Lipinski definition) is 5. The fourth-order valence-corrected chi connectivity index (χ4v) is 1.80. The molecule has 1 fully saturated rings. The third-order valence-corrected chi connectivity index (χ3v) is 2.91. The monoisotopic (exact) mass is 278 g/mol. The first-order chi connectivity index (χ1) is 8.77. The number of nitrogen functional groups attached to an aromatic ring is 1. The third kappa shape index (κ3) is 2.08. The first kappa shape index (κ1) is 13.8. The van der Waals surface area contributed by atoms with Gasteiger partial charge in [0, 0.05) is 6.20 Å². The number of aliphatic hydroxyl groups excluding tert-OH is 1. The maximum atomic E-state index is 13.8. The van der Waals surface area contributed by atoms with Crippen molar-refractivity contribution in [1.29, 1.82) is 0 Å². The third-order valence-electron chi connectivity index (χ3n) is 2.91. The minimum atomic E-state index is -3.22. The molecule has 1 aromatic rings. The molecule has 0 aliphatic carbocycles. The highest BCUT2D eigenvalue weighted by atomic mass is 19.3. The van der Waals surface area contributed by atoms with Crippen LogP contribution in [0.1, 0.15) is 6.23 Å². The van der Waals surface area contributed by atoms with Gasteiger partial charge in [-0.25, -0.2) is 18.0 Å². The summed E-state index contributed by atoms with van der Waals surface area (Å²) < 4.78 is 44.7. The Morgan fingerprint density at radius 1 is 1.63 bits per heavy atom. The van der Waals surface area contributed by atoms with Crippen LogP contribution < -0.4 is 11.4 Å². The van der Waals surface area contributed by atoms with Gasteiger partial charge in [-0.1, -0.05) is 0 Å². The smallest absolute Gasteiger partial charge is 0.351 e. The van der Waals surface area contributed by atoms with Crippen molar-refractivity contribution < 1.29 is 23.0 Å². The van der Waals surface area contributed by atoms with Gasteiger partial charge < -0.3 is 15.6 Å². The highest BCUT2D eigenvalue weighted by Gasteiger charge is 2.58. The number of rotatable bonds is 2. The van der Waals surface area contributed by atoms with Crippen molar-refractivity contribution in [2.75, 3.05) is 5.73 Å². The van der Waals surface area contributed by atoms with Crippen LogP contribution in [0.25, 0.3) is 0 Å². The van der Waals surface area contributed by atoms with Gasteiger partial charge in [-0.15, -0.1) is 0 Å². The number of aromatic nitrogens is 2. The van der Waals surface area contributed by atoms with Crippen LogP contribution in [0.5, 0.6) is 0 Å². The van der Waals surface area contributed by atoms with Gasteiger partial charge in [0.1, 0.15) is 11.9 Å². The highest BCUT2D eigenvalue weighted by molar-refractivity contribution is 5.23. The first-order valence-corrected chi connectivity index (χ1v) is 5.25. The van der Waals surface area contributed by atoms with E-state index in [1.54, 1.807) is 0 Å². The van der Waals surface area contributed by atoms with Crippen molar-refractivity contribution >= 4 is 5.82 Å². The average molecular weight is 278 g/mol. The Hall–Kier alpha value is -1.61. The minimum Gasteiger partial charge on any atom is -0.387 e. The Balaban J connectivity index is 2.40. The van der Waals surface area contributed by atoms with E-state index in [9.17, 15) is 23.1 Å². The second-order valence-corrected chi connectivity index (χ2v) is 4.20. The molecular weight excluding hydrogens is 267 g/mol. The van der Waals surface area contributed by atoms with E-state index in [1.807, 2.05) is 0 Å². The number of hydrogen-bond donors (Lipinski definition) is 2. The van der Waals surface area contributed by atoms with Crippen molar-refractivity contribution in [3.8, 4) is 0 Å². The molecule has 0 amide bonds. The molecular formula is C10H11F3N3O3. The van der Waals surface area contributed by atoms with Gasteiger partial charge in [0.15, 0.2) is 18.0 Å². The zero-order valence-electron chi connectivity index (χ0n) is 9.54. The number of anilines is 1. The summed E-state index contributed by atoms with van der Waals surface area (Å²) in [5, 5.41) is 9.46. The largest absolute Gasteiger partial charge is 0.387 e. The van der Waals surface area contributed by atoms with Crippen LogP contribution in [-0.4, -0.2) is 39.0 Å².